The largest absolute Gasteiger partial charge is 0.439 e. The molecule has 0 aromatic heterocycles. The number of nitrogens with one attached hydrogen (secondary N) is 1. The Bertz CT molecular complexity index is 873. The average Bonchev–Trinajstić information content (AvgIpc) is 3.46. The van der Waals surface area contributed by atoms with Gasteiger partial charge in [-0.2, -0.15) is 0 Å². The maximum Gasteiger partial charge on any atom is 0.333 e. The lowest BCUT2D eigenvalue weighted by Crippen LogP contribution is -2.54. The van der Waals surface area contributed by atoms with Crippen molar-refractivity contribution in [3.05, 3.63) is 46.6 Å². The highest BCUT2D eigenvalue weighted by Crippen LogP contribution is 2.27. The van der Waals surface area contributed by atoms with E-state index in [1.54, 1.807) is 12.2 Å². The number of aldehydes is 2. The van der Waals surface area contributed by atoms with Gasteiger partial charge in [-0.1, -0.05) is 43.6 Å². The molecule has 2 atom stereocenters. The molecule has 4 heterocycles. The van der Waals surface area contributed by atoms with Gasteiger partial charge in [0, 0.05) is 55.4 Å². The van der Waals surface area contributed by atoms with E-state index in [4.69, 9.17) is 14.3 Å². The van der Waals surface area contributed by atoms with Gasteiger partial charge in [0.2, 0.25) is 0 Å². The van der Waals surface area contributed by atoms with Gasteiger partial charge in [0.1, 0.15) is 12.6 Å². The van der Waals surface area contributed by atoms with Gasteiger partial charge in [-0.3, -0.25) is 9.80 Å². The third-order valence-corrected chi connectivity index (χ3v) is 6.00. The fourth-order valence-corrected chi connectivity index (χ4v) is 4.31. The molecule has 2 unspecified atom stereocenters. The van der Waals surface area contributed by atoms with Gasteiger partial charge in [-0.05, 0) is 60.5 Å². The number of hydrogen-bond donors (Lipinski definition) is 1. The minimum absolute atomic E-state index is 0.204. The van der Waals surface area contributed by atoms with Gasteiger partial charge in [0.25, 0.3) is 0 Å². The normalized spacial score (nSPS) is 22.4. The van der Waals surface area contributed by atoms with Crippen LogP contribution in [0.2, 0.25) is 0 Å². The first kappa shape index (κ1) is 35.1. The molecular formula is C31H49N3O6. The summed E-state index contributed by atoms with van der Waals surface area (Å²) in [6.07, 6.45) is 12.4. The van der Waals surface area contributed by atoms with Gasteiger partial charge in [0.15, 0.2) is 12.5 Å². The monoisotopic (exact) mass is 559 g/mol. The van der Waals surface area contributed by atoms with E-state index in [-0.39, 0.29) is 30.3 Å². The molecule has 4 rings (SSSR count). The van der Waals surface area contributed by atoms with E-state index in [0.717, 1.165) is 61.0 Å². The molecule has 0 radical (unpaired) electrons. The minimum atomic E-state index is -0.321. The molecule has 0 saturated carbocycles. The Balaban J connectivity index is 0.000000469. The molecule has 1 N–H and O–H groups in total. The molecule has 4 aliphatic heterocycles. The second kappa shape index (κ2) is 19.2. The number of allylic oxidation sites excluding steroid dienone is 2. The Morgan fingerprint density at radius 2 is 1.15 bits per heavy atom. The van der Waals surface area contributed by atoms with Crippen LogP contribution in [0.3, 0.4) is 0 Å². The zero-order valence-electron chi connectivity index (χ0n) is 25.4. The molecule has 2 fully saturated rings. The minimum Gasteiger partial charge on any atom is -0.439 e. The summed E-state index contributed by atoms with van der Waals surface area (Å²) in [6, 6.07) is 0. The summed E-state index contributed by atoms with van der Waals surface area (Å²) in [7, 11) is 0. The fourth-order valence-electron chi connectivity index (χ4n) is 4.31. The number of esters is 2. The summed E-state index contributed by atoms with van der Waals surface area (Å²) in [5.41, 5.74) is 4.07. The van der Waals surface area contributed by atoms with Crippen LogP contribution in [0.25, 0.3) is 0 Å². The number of rotatable bonds is 5. The van der Waals surface area contributed by atoms with Crippen LogP contribution in [0.5, 0.6) is 0 Å². The first-order valence-electron chi connectivity index (χ1n) is 14.2. The quantitative estimate of drug-likeness (QED) is 0.396. The van der Waals surface area contributed by atoms with Crippen LogP contribution < -0.4 is 5.32 Å². The third-order valence-electron chi connectivity index (χ3n) is 6.00. The van der Waals surface area contributed by atoms with Gasteiger partial charge in [-0.25, -0.2) is 9.59 Å². The maximum absolute atomic E-state index is 11.7. The summed E-state index contributed by atoms with van der Waals surface area (Å²) in [4.78, 5) is 46.0. The molecule has 224 valence electrons. The summed E-state index contributed by atoms with van der Waals surface area (Å²) >= 11 is 0. The molecule has 0 spiro atoms. The first-order valence-corrected chi connectivity index (χ1v) is 14.2. The molecule has 0 bridgehead atoms. The van der Waals surface area contributed by atoms with Crippen molar-refractivity contribution in [3.8, 4) is 0 Å². The zero-order valence-corrected chi connectivity index (χ0v) is 25.4. The Morgan fingerprint density at radius 3 is 1.38 bits per heavy atom. The van der Waals surface area contributed by atoms with Crippen molar-refractivity contribution in [3.63, 3.8) is 0 Å². The highest BCUT2D eigenvalue weighted by atomic mass is 16.6. The van der Waals surface area contributed by atoms with Crippen molar-refractivity contribution in [1.29, 1.82) is 0 Å². The van der Waals surface area contributed by atoms with Crippen molar-refractivity contribution in [2.45, 2.75) is 80.2 Å². The number of carbonyl (C=O) groups excluding carboxylic acids is 4. The number of cyclic esters (lactones) is 2. The smallest absolute Gasteiger partial charge is 0.333 e. The number of hydrogen-bond acceptors (Lipinski definition) is 9. The van der Waals surface area contributed by atoms with E-state index in [1.807, 2.05) is 53.7 Å². The van der Waals surface area contributed by atoms with Crippen LogP contribution in [-0.2, 0) is 28.7 Å². The van der Waals surface area contributed by atoms with E-state index in [0.29, 0.717) is 0 Å². The van der Waals surface area contributed by atoms with Gasteiger partial charge < -0.3 is 24.4 Å². The van der Waals surface area contributed by atoms with E-state index in [1.165, 1.54) is 39.3 Å². The second-order valence-electron chi connectivity index (χ2n) is 10.8. The van der Waals surface area contributed by atoms with Gasteiger partial charge >= 0.3 is 11.9 Å². The number of carbonyl (C=O) groups is 4. The van der Waals surface area contributed by atoms with Crippen molar-refractivity contribution in [2.75, 3.05) is 39.3 Å². The van der Waals surface area contributed by atoms with Crippen LogP contribution in [0.4, 0.5) is 0 Å². The highest BCUT2D eigenvalue weighted by molar-refractivity contribution is 5.87. The Hall–Kier alpha value is -2.88. The number of piperidine rings is 1. The molecule has 0 aromatic carbocycles. The SMILES string of the molecule is C1CCNCC1.CC(C)=CC1=CC(=O)OC1N1CCN(C2OC(=O)C=C2C=C(C)C)CC1.CC(C)C=O.CC=O. The molecule has 0 aromatic rings. The van der Waals surface area contributed by atoms with Crippen molar-refractivity contribution < 1.29 is 28.7 Å². The van der Waals surface area contributed by atoms with Gasteiger partial charge in [-0.15, -0.1) is 0 Å². The van der Waals surface area contributed by atoms with E-state index < -0.39 is 0 Å². The Morgan fingerprint density at radius 1 is 0.800 bits per heavy atom. The number of piperazine rings is 1. The zero-order chi connectivity index (χ0) is 30.1. The van der Waals surface area contributed by atoms with Crippen LogP contribution in [0, 0.1) is 5.92 Å². The third kappa shape index (κ3) is 13.5. The lowest BCUT2D eigenvalue weighted by Gasteiger charge is -2.39. The summed E-state index contributed by atoms with van der Waals surface area (Å²) < 4.78 is 11.0. The Labute approximate surface area is 240 Å². The predicted molar refractivity (Wildman–Crippen MR) is 157 cm³/mol. The average molecular weight is 560 g/mol. The molecule has 9 heteroatoms. The van der Waals surface area contributed by atoms with Crippen molar-refractivity contribution in [2.24, 2.45) is 5.92 Å². The lowest BCUT2D eigenvalue weighted by molar-refractivity contribution is -0.153. The second-order valence-corrected chi connectivity index (χ2v) is 10.8. The topological polar surface area (TPSA) is 105 Å². The van der Waals surface area contributed by atoms with Gasteiger partial charge in [0.05, 0.1) is 0 Å². The highest BCUT2D eigenvalue weighted by Gasteiger charge is 2.37. The molecule has 0 amide bonds. The lowest BCUT2D eigenvalue weighted by atomic mass is 10.1. The molecule has 9 nitrogen and oxygen atoms in total. The van der Waals surface area contributed by atoms with Crippen molar-refractivity contribution in [1.82, 2.24) is 15.1 Å². The van der Waals surface area contributed by atoms with E-state index in [2.05, 4.69) is 15.1 Å². The van der Waals surface area contributed by atoms with E-state index in [9.17, 15) is 14.4 Å². The predicted octanol–water partition coefficient (Wildman–Crippen LogP) is 3.96. The molecule has 4 aliphatic rings. The summed E-state index contributed by atoms with van der Waals surface area (Å²) in [5.74, 6) is -0.373. The summed E-state index contributed by atoms with van der Waals surface area (Å²) in [6.45, 7) is 18.6. The van der Waals surface area contributed by atoms with Crippen molar-refractivity contribution >= 4 is 24.5 Å². The fraction of sp³-hybridized carbons (Fsp3) is 0.613. The van der Waals surface area contributed by atoms with Crippen LogP contribution in [0.1, 0.15) is 67.7 Å². The number of nitrogens with zero attached hydrogens (tertiary/aromatic N) is 2. The Kier molecular flexibility index (Phi) is 16.9. The first-order chi connectivity index (χ1) is 19.0. The maximum atomic E-state index is 11.7. The molecule has 40 heavy (non-hydrogen) atoms. The number of ether oxygens (including phenoxy) is 2. The molecule has 2 saturated heterocycles. The summed E-state index contributed by atoms with van der Waals surface area (Å²) in [5, 5.41) is 3.28. The standard InChI is InChI=1S/C20H26N2O4.C5H11N.C4H8O.C2H4O/c1-13(2)9-15-11-17(23)25-19(15)21-5-7-22(8-6-21)20-16(10-14(3)4)12-18(24)26-20;1-2-4-6-5-3-1;1-4(2)3-5;1-2-3/h9-12,19-20H,5-8H2,1-4H3;6H,1-5H2;3-4H,1-2H3;2H,1H3. The van der Waals surface area contributed by atoms with Crippen LogP contribution in [0.15, 0.2) is 46.6 Å². The van der Waals surface area contributed by atoms with Crippen LogP contribution >= 0.6 is 0 Å². The van der Waals surface area contributed by atoms with E-state index >= 15 is 0 Å². The van der Waals surface area contributed by atoms with Crippen LogP contribution in [-0.4, -0.2) is 86.0 Å². The molecule has 0 aliphatic carbocycles. The molecular weight excluding hydrogens is 510 g/mol.